The molecule has 96 valence electrons. The average Bonchev–Trinajstić information content (AvgIpc) is 2.59. The zero-order chi connectivity index (χ0) is 12.9. The molecule has 0 aliphatic rings. The molecular weight excluding hydrogens is 260 g/mol. The van der Waals surface area contributed by atoms with Crippen LogP contribution < -0.4 is 10.6 Å². The van der Waals surface area contributed by atoms with E-state index >= 15 is 0 Å². The highest BCUT2D eigenvalue weighted by molar-refractivity contribution is 7.90. The molecule has 0 bridgehead atoms. The summed E-state index contributed by atoms with van der Waals surface area (Å²) in [6.45, 7) is 2.59. The summed E-state index contributed by atoms with van der Waals surface area (Å²) < 4.78 is 21.6. The van der Waals surface area contributed by atoms with Gasteiger partial charge in [-0.1, -0.05) is 0 Å². The van der Waals surface area contributed by atoms with Crippen molar-refractivity contribution in [1.29, 1.82) is 0 Å². The van der Waals surface area contributed by atoms with E-state index in [9.17, 15) is 13.2 Å². The minimum atomic E-state index is -3.02. The van der Waals surface area contributed by atoms with Crippen LogP contribution >= 0.6 is 11.3 Å². The summed E-state index contributed by atoms with van der Waals surface area (Å²) >= 11 is 1.62. The fraction of sp³-hybridized carbons (Fsp3) is 0.500. The molecule has 0 spiro atoms. The van der Waals surface area contributed by atoms with Crippen LogP contribution in [0.25, 0.3) is 0 Å². The Kier molecular flexibility index (Phi) is 4.95. The molecule has 1 aromatic heterocycles. The summed E-state index contributed by atoms with van der Waals surface area (Å²) in [5.74, 6) is -0.0431. The van der Waals surface area contributed by atoms with Crippen LogP contribution in [-0.2, 0) is 16.4 Å². The number of urea groups is 1. The quantitative estimate of drug-likeness (QED) is 0.839. The number of rotatable bonds is 5. The van der Waals surface area contributed by atoms with Crippen LogP contribution in [0.3, 0.4) is 0 Å². The van der Waals surface area contributed by atoms with Gasteiger partial charge in [-0.3, -0.25) is 0 Å². The van der Waals surface area contributed by atoms with Crippen molar-refractivity contribution in [1.82, 2.24) is 10.6 Å². The zero-order valence-corrected chi connectivity index (χ0v) is 11.5. The van der Waals surface area contributed by atoms with Gasteiger partial charge >= 0.3 is 6.03 Å². The SMILES string of the molecule is Cc1ccc(CNC(=O)NCCS(C)(=O)=O)s1. The van der Waals surface area contributed by atoms with Gasteiger partial charge in [0.2, 0.25) is 0 Å². The van der Waals surface area contributed by atoms with Gasteiger partial charge in [0.15, 0.2) is 0 Å². The molecule has 0 saturated heterocycles. The van der Waals surface area contributed by atoms with E-state index < -0.39 is 9.84 Å². The van der Waals surface area contributed by atoms with E-state index in [1.807, 2.05) is 19.1 Å². The van der Waals surface area contributed by atoms with Gasteiger partial charge in [-0.15, -0.1) is 11.3 Å². The molecule has 0 aliphatic carbocycles. The minimum Gasteiger partial charge on any atom is -0.337 e. The molecular formula is C10H16N2O3S2. The second-order valence-corrected chi connectivity index (χ2v) is 7.38. The van der Waals surface area contributed by atoms with Crippen molar-refractivity contribution in [2.75, 3.05) is 18.6 Å². The van der Waals surface area contributed by atoms with Crippen molar-refractivity contribution in [3.05, 3.63) is 21.9 Å². The lowest BCUT2D eigenvalue weighted by atomic mass is 10.4. The van der Waals surface area contributed by atoms with E-state index in [4.69, 9.17) is 0 Å². The molecule has 0 aromatic carbocycles. The number of sulfone groups is 1. The van der Waals surface area contributed by atoms with Gasteiger partial charge in [0.25, 0.3) is 0 Å². The number of carbonyl (C=O) groups excluding carboxylic acids is 1. The van der Waals surface area contributed by atoms with E-state index in [1.54, 1.807) is 11.3 Å². The standard InChI is InChI=1S/C10H16N2O3S2/c1-8-3-4-9(16-8)7-12-10(13)11-5-6-17(2,14)15/h3-4H,5-7H2,1-2H3,(H2,11,12,13). The Morgan fingerprint density at radius 3 is 2.59 bits per heavy atom. The number of aryl methyl sites for hydroxylation is 1. The molecule has 17 heavy (non-hydrogen) atoms. The first-order valence-electron chi connectivity index (χ1n) is 5.11. The van der Waals surface area contributed by atoms with Gasteiger partial charge in [-0.2, -0.15) is 0 Å². The fourth-order valence-electron chi connectivity index (χ4n) is 1.16. The maximum Gasteiger partial charge on any atom is 0.315 e. The molecule has 0 radical (unpaired) electrons. The van der Waals surface area contributed by atoms with E-state index in [-0.39, 0.29) is 18.3 Å². The van der Waals surface area contributed by atoms with Crippen molar-refractivity contribution in [3.63, 3.8) is 0 Å². The highest BCUT2D eigenvalue weighted by atomic mass is 32.2. The molecule has 2 amide bonds. The van der Waals surface area contributed by atoms with E-state index in [2.05, 4.69) is 10.6 Å². The fourth-order valence-corrected chi connectivity index (χ4v) is 2.46. The van der Waals surface area contributed by atoms with Gasteiger partial charge < -0.3 is 10.6 Å². The molecule has 0 aliphatic heterocycles. The topological polar surface area (TPSA) is 75.3 Å². The van der Waals surface area contributed by atoms with Gasteiger partial charge in [0.05, 0.1) is 12.3 Å². The first kappa shape index (κ1) is 14.0. The van der Waals surface area contributed by atoms with Crippen LogP contribution in [0.1, 0.15) is 9.75 Å². The molecule has 0 saturated carbocycles. The van der Waals surface area contributed by atoms with Crippen molar-refractivity contribution in [3.8, 4) is 0 Å². The first-order chi connectivity index (χ1) is 7.87. The lowest BCUT2D eigenvalue weighted by Gasteiger charge is -2.05. The second kappa shape index (κ2) is 6.02. The van der Waals surface area contributed by atoms with Gasteiger partial charge in [0, 0.05) is 22.6 Å². The Balaban J connectivity index is 2.22. The van der Waals surface area contributed by atoms with Crippen LogP contribution in [0, 0.1) is 6.92 Å². The number of thiophene rings is 1. The second-order valence-electron chi connectivity index (χ2n) is 3.75. The molecule has 7 heteroatoms. The summed E-state index contributed by atoms with van der Waals surface area (Å²) in [6.07, 6.45) is 1.14. The number of hydrogen-bond acceptors (Lipinski definition) is 4. The third kappa shape index (κ3) is 6.28. The van der Waals surface area contributed by atoms with Crippen molar-refractivity contribution < 1.29 is 13.2 Å². The molecule has 1 aromatic rings. The smallest absolute Gasteiger partial charge is 0.315 e. The highest BCUT2D eigenvalue weighted by Gasteiger charge is 2.04. The van der Waals surface area contributed by atoms with Crippen LogP contribution in [0.5, 0.6) is 0 Å². The Bertz CT molecular complexity index is 479. The minimum absolute atomic E-state index is 0.0431. The Hall–Kier alpha value is -1.08. The highest BCUT2D eigenvalue weighted by Crippen LogP contribution is 2.14. The predicted octanol–water partition coefficient (Wildman–Crippen LogP) is 0.900. The summed E-state index contributed by atoms with van der Waals surface area (Å²) in [5, 5.41) is 5.16. The number of hydrogen-bond donors (Lipinski definition) is 2. The van der Waals surface area contributed by atoms with E-state index in [1.165, 1.54) is 4.88 Å². The summed E-state index contributed by atoms with van der Waals surface area (Å²) in [7, 11) is -3.02. The third-order valence-electron chi connectivity index (χ3n) is 1.98. The number of nitrogens with one attached hydrogen (secondary N) is 2. The lowest BCUT2D eigenvalue weighted by Crippen LogP contribution is -2.37. The summed E-state index contributed by atoms with van der Waals surface area (Å²) in [4.78, 5) is 13.6. The maximum atomic E-state index is 11.3. The van der Waals surface area contributed by atoms with Crippen molar-refractivity contribution in [2.24, 2.45) is 0 Å². The largest absolute Gasteiger partial charge is 0.337 e. The zero-order valence-electron chi connectivity index (χ0n) is 9.82. The first-order valence-corrected chi connectivity index (χ1v) is 7.99. The monoisotopic (exact) mass is 276 g/mol. The molecule has 1 rings (SSSR count). The van der Waals surface area contributed by atoms with E-state index in [0.717, 1.165) is 11.1 Å². The Labute approximate surface area is 105 Å². The molecule has 0 fully saturated rings. The Morgan fingerprint density at radius 2 is 2.06 bits per heavy atom. The van der Waals surface area contributed by atoms with Gasteiger partial charge in [-0.05, 0) is 19.1 Å². The van der Waals surface area contributed by atoms with Crippen LogP contribution in [0.15, 0.2) is 12.1 Å². The number of amides is 2. The number of carbonyl (C=O) groups is 1. The van der Waals surface area contributed by atoms with Gasteiger partial charge in [0.1, 0.15) is 9.84 Å². The molecule has 5 nitrogen and oxygen atoms in total. The van der Waals surface area contributed by atoms with Crippen LogP contribution in [-0.4, -0.2) is 33.0 Å². The predicted molar refractivity (Wildman–Crippen MR) is 69.0 cm³/mol. The molecule has 2 N–H and O–H groups in total. The normalized spacial score (nSPS) is 11.2. The van der Waals surface area contributed by atoms with Crippen LogP contribution in [0.2, 0.25) is 0 Å². The summed E-state index contributed by atoms with van der Waals surface area (Å²) in [6, 6.07) is 3.60. The maximum absolute atomic E-state index is 11.3. The van der Waals surface area contributed by atoms with E-state index in [0.29, 0.717) is 6.54 Å². The van der Waals surface area contributed by atoms with Crippen molar-refractivity contribution >= 4 is 27.2 Å². The Morgan fingerprint density at radius 1 is 1.35 bits per heavy atom. The van der Waals surface area contributed by atoms with Crippen LogP contribution in [0.4, 0.5) is 4.79 Å². The van der Waals surface area contributed by atoms with Gasteiger partial charge in [-0.25, -0.2) is 13.2 Å². The molecule has 1 heterocycles. The average molecular weight is 276 g/mol. The lowest BCUT2D eigenvalue weighted by molar-refractivity contribution is 0.241. The molecule has 0 atom stereocenters. The molecule has 0 unspecified atom stereocenters. The van der Waals surface area contributed by atoms with Crippen molar-refractivity contribution in [2.45, 2.75) is 13.5 Å². The third-order valence-corrected chi connectivity index (χ3v) is 3.92. The summed E-state index contributed by atoms with van der Waals surface area (Å²) in [5.41, 5.74) is 0.